The molecular formula is HCuFeIMnSeZn. The minimum atomic E-state index is 0. The summed E-state index contributed by atoms with van der Waals surface area (Å²) >= 11 is 0. The molecule has 0 aromatic carbocycles. The standard InChI is InChI=1S/Cu.Fe.HI.Mn.Se.Zn/h;;1H;;;. The monoisotopic (exact) mass is 446 g/mol. The number of halogens is 1. The normalized spacial score (nSPS) is 0. The molecule has 0 amide bonds. The van der Waals surface area contributed by atoms with E-state index in [4.69, 9.17) is 0 Å². The third kappa shape index (κ3) is 26.1. The van der Waals surface area contributed by atoms with Crippen molar-refractivity contribution in [3.05, 3.63) is 0 Å². The summed E-state index contributed by atoms with van der Waals surface area (Å²) in [6.45, 7) is 0. The van der Waals surface area contributed by atoms with Crippen molar-refractivity contribution in [2.45, 2.75) is 0 Å². The van der Waals surface area contributed by atoms with E-state index < -0.39 is 0 Å². The predicted molar refractivity (Wildman–Crippen MR) is 21.2 cm³/mol. The van der Waals surface area contributed by atoms with Gasteiger partial charge in [0.2, 0.25) is 0 Å². The van der Waals surface area contributed by atoms with Crippen molar-refractivity contribution in [2.75, 3.05) is 0 Å². The Morgan fingerprint density at radius 2 is 1.00 bits per heavy atom. The molecule has 0 saturated carbocycles. The summed E-state index contributed by atoms with van der Waals surface area (Å²) in [4.78, 5) is 0. The van der Waals surface area contributed by atoms with E-state index in [1.807, 2.05) is 0 Å². The van der Waals surface area contributed by atoms with Crippen molar-refractivity contribution < 1.29 is 70.7 Å². The topological polar surface area (TPSA) is 0 Å². The van der Waals surface area contributed by atoms with E-state index in [0.29, 0.717) is 0 Å². The smallest absolute Gasteiger partial charge is 0 e. The Hall–Kier alpha value is 3.43. The molecule has 0 aliphatic rings. The summed E-state index contributed by atoms with van der Waals surface area (Å²) in [6.07, 6.45) is 0. The van der Waals surface area contributed by atoms with Crippen molar-refractivity contribution in [1.29, 1.82) is 0 Å². The molecule has 0 N–H and O–H groups in total. The van der Waals surface area contributed by atoms with Crippen molar-refractivity contribution in [3.63, 3.8) is 0 Å². The Bertz CT molecular complexity index is 15.5. The predicted octanol–water partition coefficient (Wildman–Crippen LogP) is 0.227. The van der Waals surface area contributed by atoms with Crippen LogP contribution in [0.25, 0.3) is 0 Å². The van der Waals surface area contributed by atoms with Crippen LogP contribution in [-0.2, 0) is 70.7 Å². The maximum atomic E-state index is 0. The Kier molecular flexibility index (Phi) is 375. The van der Waals surface area contributed by atoms with Crippen LogP contribution in [0.4, 0.5) is 0 Å². The SMILES string of the molecule is I.[Cu].[Fe].[Mn].[Se].[Zn]. The van der Waals surface area contributed by atoms with E-state index in [2.05, 4.69) is 0 Å². The van der Waals surface area contributed by atoms with Gasteiger partial charge in [0, 0.05) is 87.8 Å². The number of hydrogen-bond acceptors (Lipinski definition) is 0. The summed E-state index contributed by atoms with van der Waals surface area (Å²) in [7, 11) is 0. The molecule has 42 valence electrons. The molecule has 0 fully saturated rings. The fraction of sp³-hybridized carbons (Fsp3) is 0. The van der Waals surface area contributed by atoms with Gasteiger partial charge < -0.3 is 0 Å². The molecule has 0 saturated heterocycles. The fourth-order valence-electron chi connectivity index (χ4n) is 0. The molecule has 6 heteroatoms. The first-order valence-electron chi connectivity index (χ1n) is 0. The van der Waals surface area contributed by atoms with Gasteiger partial charge >= 0.3 is 0 Å². The fourth-order valence-corrected chi connectivity index (χ4v) is 0. The molecule has 0 spiro atoms. The maximum Gasteiger partial charge on any atom is 0 e. The molecular weight excluding hydrogens is 446 g/mol. The van der Waals surface area contributed by atoms with Crippen LogP contribution in [0.2, 0.25) is 0 Å². The third-order valence-corrected chi connectivity index (χ3v) is 0. The molecule has 0 atom stereocenters. The van der Waals surface area contributed by atoms with Gasteiger partial charge in [-0.25, -0.2) is 0 Å². The second-order valence-corrected chi connectivity index (χ2v) is 0. The quantitative estimate of drug-likeness (QED) is 0.369. The zero-order valence-corrected chi connectivity index (χ0v) is 12.8. The van der Waals surface area contributed by atoms with E-state index in [1.54, 1.807) is 0 Å². The first-order valence-corrected chi connectivity index (χ1v) is 0. The summed E-state index contributed by atoms with van der Waals surface area (Å²) in [5.41, 5.74) is 0. The van der Waals surface area contributed by atoms with Crippen LogP contribution in [0.1, 0.15) is 0 Å². The second-order valence-electron chi connectivity index (χ2n) is 0. The zero-order valence-electron chi connectivity index (χ0n) is 2.56. The average Bonchev–Trinajstić information content (AvgIpc) is 0. The minimum absolute atomic E-state index is 0. The van der Waals surface area contributed by atoms with Crippen molar-refractivity contribution in [3.8, 4) is 0 Å². The Labute approximate surface area is 110 Å². The van der Waals surface area contributed by atoms with E-state index in [1.165, 1.54) is 0 Å². The van der Waals surface area contributed by atoms with Crippen LogP contribution in [0.15, 0.2) is 0 Å². The molecule has 0 aromatic rings. The van der Waals surface area contributed by atoms with Crippen LogP contribution < -0.4 is 0 Å². The third-order valence-electron chi connectivity index (χ3n) is 0. The first-order chi connectivity index (χ1) is 0. The van der Waals surface area contributed by atoms with Gasteiger partial charge in [0.1, 0.15) is 0 Å². The van der Waals surface area contributed by atoms with Crippen molar-refractivity contribution in [1.82, 2.24) is 0 Å². The van der Waals surface area contributed by atoms with Crippen LogP contribution in [0, 0.1) is 0 Å². The van der Waals surface area contributed by atoms with Crippen LogP contribution in [0.3, 0.4) is 0 Å². The summed E-state index contributed by atoms with van der Waals surface area (Å²) < 4.78 is 0. The van der Waals surface area contributed by atoms with Gasteiger partial charge in [-0.05, 0) is 0 Å². The molecule has 0 heterocycles. The van der Waals surface area contributed by atoms with Gasteiger partial charge in [0.05, 0.1) is 0 Å². The Balaban J connectivity index is 0. The second kappa shape index (κ2) is 39.5. The van der Waals surface area contributed by atoms with Gasteiger partial charge in [-0.2, -0.15) is 0 Å². The van der Waals surface area contributed by atoms with E-state index in [-0.39, 0.29) is 112 Å². The minimum Gasteiger partial charge on any atom is -0.107 e. The van der Waals surface area contributed by atoms with Gasteiger partial charge in [0.25, 0.3) is 0 Å². The van der Waals surface area contributed by atoms with Crippen LogP contribution in [0.5, 0.6) is 0 Å². The molecule has 6 heavy (non-hydrogen) atoms. The van der Waals surface area contributed by atoms with Crippen LogP contribution in [-0.4, -0.2) is 17.1 Å². The van der Waals surface area contributed by atoms with E-state index in [9.17, 15) is 0 Å². The Morgan fingerprint density at radius 1 is 1.00 bits per heavy atom. The first kappa shape index (κ1) is 56.9. The van der Waals surface area contributed by atoms with Gasteiger partial charge in [-0.3, -0.25) is 0 Å². The largest absolute Gasteiger partial charge is 0.107 e. The molecule has 0 aliphatic carbocycles. The molecule has 0 rings (SSSR count). The molecule has 0 nitrogen and oxygen atoms in total. The molecule has 0 unspecified atom stereocenters. The molecule has 4 radical (unpaired) electrons. The Morgan fingerprint density at radius 3 is 1.00 bits per heavy atom. The van der Waals surface area contributed by atoms with Crippen LogP contribution >= 0.6 is 24.0 Å². The summed E-state index contributed by atoms with van der Waals surface area (Å²) in [6, 6.07) is 0. The van der Waals surface area contributed by atoms with Gasteiger partial charge in [0.15, 0.2) is 0 Å². The number of rotatable bonds is 0. The van der Waals surface area contributed by atoms with Gasteiger partial charge in [-0.1, -0.05) is 0 Å². The van der Waals surface area contributed by atoms with Crippen molar-refractivity contribution >= 4 is 41.0 Å². The molecule has 0 bridgehead atoms. The summed E-state index contributed by atoms with van der Waals surface area (Å²) in [5, 5.41) is 0. The number of hydrogen-bond donors (Lipinski definition) is 0. The molecule has 0 aromatic heterocycles. The van der Waals surface area contributed by atoms with E-state index in [0.717, 1.165) is 0 Å². The zero-order chi connectivity index (χ0) is 0. The van der Waals surface area contributed by atoms with Crippen molar-refractivity contribution in [2.24, 2.45) is 0 Å². The summed E-state index contributed by atoms with van der Waals surface area (Å²) in [5.74, 6) is 0. The van der Waals surface area contributed by atoms with Gasteiger partial charge in [-0.15, -0.1) is 24.0 Å². The molecule has 0 aliphatic heterocycles. The average molecular weight is 447 g/mol. The van der Waals surface area contributed by atoms with E-state index >= 15 is 0 Å². The maximum absolute atomic E-state index is 0.